The van der Waals surface area contributed by atoms with Gasteiger partial charge in [0.15, 0.2) is 0 Å². The molecule has 5 heteroatoms. The molecule has 2 rings (SSSR count). The summed E-state index contributed by atoms with van der Waals surface area (Å²) in [7, 11) is 0. The minimum Gasteiger partial charge on any atom is -0.309 e. The number of hydrogen-bond acceptors (Lipinski definition) is 3. The zero-order chi connectivity index (χ0) is 15.2. The quantitative estimate of drug-likeness (QED) is 0.738. The van der Waals surface area contributed by atoms with Gasteiger partial charge < -0.3 is 5.32 Å². The Kier molecular flexibility index (Phi) is 6.45. The zero-order valence-corrected chi connectivity index (χ0v) is 15.4. The van der Waals surface area contributed by atoms with Crippen molar-refractivity contribution in [3.05, 3.63) is 38.3 Å². The standard InChI is InChI=1S/C16H24BrN3S/c1-4-8-18-15(16-14(17)7-9-21-16)11-13-10-12(5-2)19-20(13)6-3/h7,9-10,15,18H,4-6,8,11H2,1-3H3. The molecule has 0 aliphatic heterocycles. The molecule has 116 valence electrons. The molecular formula is C16H24BrN3S. The van der Waals surface area contributed by atoms with Crippen LogP contribution < -0.4 is 5.32 Å². The van der Waals surface area contributed by atoms with Crippen molar-refractivity contribution in [1.82, 2.24) is 15.1 Å². The highest BCUT2D eigenvalue weighted by Crippen LogP contribution is 2.31. The van der Waals surface area contributed by atoms with Crippen LogP contribution >= 0.6 is 27.3 Å². The normalized spacial score (nSPS) is 12.8. The van der Waals surface area contributed by atoms with E-state index in [9.17, 15) is 0 Å². The Bertz CT molecular complexity index is 562. The molecule has 2 aromatic heterocycles. The van der Waals surface area contributed by atoms with E-state index in [1.54, 1.807) is 0 Å². The molecule has 0 aliphatic carbocycles. The number of halogens is 1. The fourth-order valence-corrected chi connectivity index (χ4v) is 4.19. The zero-order valence-electron chi connectivity index (χ0n) is 13.0. The molecule has 0 radical (unpaired) electrons. The van der Waals surface area contributed by atoms with Crippen molar-refractivity contribution in [3.63, 3.8) is 0 Å². The molecule has 3 nitrogen and oxygen atoms in total. The van der Waals surface area contributed by atoms with E-state index in [0.29, 0.717) is 6.04 Å². The van der Waals surface area contributed by atoms with Crippen molar-refractivity contribution in [2.75, 3.05) is 6.54 Å². The summed E-state index contributed by atoms with van der Waals surface area (Å²) in [5.41, 5.74) is 2.51. The van der Waals surface area contributed by atoms with Crippen LogP contribution in [0.15, 0.2) is 22.0 Å². The summed E-state index contributed by atoms with van der Waals surface area (Å²) in [4.78, 5) is 1.38. The summed E-state index contributed by atoms with van der Waals surface area (Å²) in [6, 6.07) is 4.74. The number of nitrogens with one attached hydrogen (secondary N) is 1. The fraction of sp³-hybridized carbons (Fsp3) is 0.562. The average molecular weight is 370 g/mol. The van der Waals surface area contributed by atoms with Gasteiger partial charge in [-0.2, -0.15) is 5.10 Å². The van der Waals surface area contributed by atoms with Gasteiger partial charge in [-0.25, -0.2) is 0 Å². The Morgan fingerprint density at radius 3 is 2.76 bits per heavy atom. The fourth-order valence-electron chi connectivity index (χ4n) is 2.47. The minimum absolute atomic E-state index is 0.353. The molecule has 1 N–H and O–H groups in total. The second kappa shape index (κ2) is 8.11. The monoisotopic (exact) mass is 369 g/mol. The third-order valence-corrected chi connectivity index (χ3v) is 5.58. The Morgan fingerprint density at radius 1 is 1.38 bits per heavy atom. The highest BCUT2D eigenvalue weighted by molar-refractivity contribution is 9.10. The van der Waals surface area contributed by atoms with Gasteiger partial charge in [0.05, 0.1) is 5.69 Å². The third kappa shape index (κ3) is 4.18. The molecule has 0 aliphatic rings. The molecule has 0 saturated heterocycles. The number of nitrogens with zero attached hydrogens (tertiary/aromatic N) is 2. The van der Waals surface area contributed by atoms with Crippen LogP contribution in [0.3, 0.4) is 0 Å². The topological polar surface area (TPSA) is 29.9 Å². The lowest BCUT2D eigenvalue weighted by Crippen LogP contribution is -2.24. The molecule has 1 unspecified atom stereocenters. The SMILES string of the molecule is CCCNC(Cc1cc(CC)nn1CC)c1sccc1Br. The van der Waals surface area contributed by atoms with Crippen molar-refractivity contribution in [2.24, 2.45) is 0 Å². The minimum atomic E-state index is 0.353. The maximum absolute atomic E-state index is 4.66. The summed E-state index contributed by atoms with van der Waals surface area (Å²) in [6.07, 6.45) is 3.13. The molecule has 0 bridgehead atoms. The first kappa shape index (κ1) is 16.7. The van der Waals surface area contributed by atoms with Crippen LogP contribution in [-0.2, 0) is 19.4 Å². The Hall–Kier alpha value is -0.650. The summed E-state index contributed by atoms with van der Waals surface area (Å²) < 4.78 is 3.35. The smallest absolute Gasteiger partial charge is 0.0624 e. The number of hydrogen-bond donors (Lipinski definition) is 1. The Labute approximate surface area is 139 Å². The van der Waals surface area contributed by atoms with E-state index in [0.717, 1.165) is 32.4 Å². The highest BCUT2D eigenvalue weighted by atomic mass is 79.9. The van der Waals surface area contributed by atoms with Crippen LogP contribution in [0, 0.1) is 0 Å². The number of aromatic nitrogens is 2. The molecule has 2 aromatic rings. The van der Waals surface area contributed by atoms with Gasteiger partial charge in [-0.05, 0) is 59.8 Å². The van der Waals surface area contributed by atoms with Gasteiger partial charge in [0.1, 0.15) is 0 Å². The third-order valence-electron chi connectivity index (χ3n) is 3.59. The van der Waals surface area contributed by atoms with Gasteiger partial charge in [-0.3, -0.25) is 4.68 Å². The van der Waals surface area contributed by atoms with Crippen LogP contribution in [0.4, 0.5) is 0 Å². The molecule has 2 heterocycles. The number of rotatable bonds is 8. The summed E-state index contributed by atoms with van der Waals surface area (Å²) >= 11 is 5.49. The van der Waals surface area contributed by atoms with E-state index in [1.807, 2.05) is 11.3 Å². The predicted molar refractivity (Wildman–Crippen MR) is 94.0 cm³/mol. The van der Waals surface area contributed by atoms with Crippen molar-refractivity contribution in [1.29, 1.82) is 0 Å². The van der Waals surface area contributed by atoms with E-state index in [-0.39, 0.29) is 0 Å². The first-order valence-corrected chi connectivity index (χ1v) is 9.38. The largest absolute Gasteiger partial charge is 0.309 e. The van der Waals surface area contributed by atoms with Crippen molar-refractivity contribution in [3.8, 4) is 0 Å². The van der Waals surface area contributed by atoms with E-state index in [1.165, 1.54) is 20.7 Å². The molecule has 0 spiro atoms. The van der Waals surface area contributed by atoms with Gasteiger partial charge in [0, 0.05) is 34.1 Å². The van der Waals surface area contributed by atoms with Crippen molar-refractivity contribution in [2.45, 2.75) is 52.6 Å². The first-order chi connectivity index (χ1) is 10.2. The van der Waals surface area contributed by atoms with E-state index in [4.69, 9.17) is 0 Å². The Morgan fingerprint density at radius 2 is 2.19 bits per heavy atom. The average Bonchev–Trinajstić information content (AvgIpc) is 3.09. The lowest BCUT2D eigenvalue weighted by molar-refractivity contribution is 0.507. The van der Waals surface area contributed by atoms with Gasteiger partial charge in [-0.1, -0.05) is 13.8 Å². The van der Waals surface area contributed by atoms with Crippen molar-refractivity contribution >= 4 is 27.3 Å². The van der Waals surface area contributed by atoms with Gasteiger partial charge in [0.25, 0.3) is 0 Å². The molecule has 0 saturated carbocycles. The second-order valence-corrected chi connectivity index (χ2v) is 6.94. The van der Waals surface area contributed by atoms with E-state index < -0.39 is 0 Å². The molecule has 21 heavy (non-hydrogen) atoms. The number of thiophene rings is 1. The molecular weight excluding hydrogens is 346 g/mol. The second-order valence-electron chi connectivity index (χ2n) is 5.14. The molecule has 0 fully saturated rings. The van der Waals surface area contributed by atoms with E-state index >= 15 is 0 Å². The number of aryl methyl sites for hydroxylation is 2. The van der Waals surface area contributed by atoms with Crippen LogP contribution in [0.25, 0.3) is 0 Å². The summed E-state index contributed by atoms with van der Waals surface area (Å²) in [6.45, 7) is 8.50. The predicted octanol–water partition coefficient (Wildman–Crippen LogP) is 4.57. The van der Waals surface area contributed by atoms with Gasteiger partial charge in [-0.15, -0.1) is 11.3 Å². The molecule has 1 atom stereocenters. The highest BCUT2D eigenvalue weighted by Gasteiger charge is 2.18. The van der Waals surface area contributed by atoms with Crippen LogP contribution in [0.2, 0.25) is 0 Å². The first-order valence-electron chi connectivity index (χ1n) is 7.71. The van der Waals surface area contributed by atoms with Gasteiger partial charge in [0.2, 0.25) is 0 Å². The summed E-state index contributed by atoms with van der Waals surface area (Å²) in [5, 5.41) is 10.5. The van der Waals surface area contributed by atoms with Crippen LogP contribution in [0.5, 0.6) is 0 Å². The maximum atomic E-state index is 4.66. The lowest BCUT2D eigenvalue weighted by Gasteiger charge is -2.18. The molecule has 0 amide bonds. The maximum Gasteiger partial charge on any atom is 0.0624 e. The van der Waals surface area contributed by atoms with Crippen LogP contribution in [0.1, 0.15) is 49.5 Å². The molecule has 0 aromatic carbocycles. The van der Waals surface area contributed by atoms with E-state index in [2.05, 4.69) is 69.3 Å². The summed E-state index contributed by atoms with van der Waals surface area (Å²) in [5.74, 6) is 0. The Balaban J connectivity index is 2.22. The van der Waals surface area contributed by atoms with Crippen molar-refractivity contribution < 1.29 is 0 Å². The van der Waals surface area contributed by atoms with Gasteiger partial charge >= 0.3 is 0 Å². The lowest BCUT2D eigenvalue weighted by atomic mass is 10.1. The van der Waals surface area contributed by atoms with Crippen LogP contribution in [-0.4, -0.2) is 16.3 Å².